The first-order valence-corrected chi connectivity index (χ1v) is 15.7. The number of hydrogen-bond donors (Lipinski definition) is 2. The normalized spacial score (nSPS) is 12.8. The summed E-state index contributed by atoms with van der Waals surface area (Å²) >= 11 is 0. The highest BCUT2D eigenvalue weighted by molar-refractivity contribution is 5.98. The summed E-state index contributed by atoms with van der Waals surface area (Å²) in [5, 5.41) is 24.0. The van der Waals surface area contributed by atoms with Gasteiger partial charge in [-0.05, 0) is 57.6 Å². The number of aromatic nitrogens is 2. The molecule has 0 radical (unpaired) electrons. The van der Waals surface area contributed by atoms with Gasteiger partial charge in [0.05, 0.1) is 18.4 Å². The van der Waals surface area contributed by atoms with E-state index in [9.17, 15) is 19.8 Å². The van der Waals surface area contributed by atoms with Crippen LogP contribution in [0.1, 0.15) is 58.1 Å². The molecule has 7 heteroatoms. The van der Waals surface area contributed by atoms with Crippen LogP contribution in [-0.2, 0) is 15.9 Å². The maximum absolute atomic E-state index is 12.9. The summed E-state index contributed by atoms with van der Waals surface area (Å²) in [7, 11) is 1.78. The molecule has 47 heavy (non-hydrogen) atoms. The number of imidazole rings is 1. The van der Waals surface area contributed by atoms with Crippen molar-refractivity contribution in [3.05, 3.63) is 173 Å². The topological polar surface area (TPSA) is 95.7 Å². The Bertz CT molecular complexity index is 1910. The van der Waals surface area contributed by atoms with E-state index in [2.05, 4.69) is 36.4 Å². The predicted molar refractivity (Wildman–Crippen MR) is 183 cm³/mol. The minimum Gasteiger partial charge on any atom is -0.481 e. The Kier molecular flexibility index (Phi) is 8.74. The molecule has 0 aliphatic rings. The van der Waals surface area contributed by atoms with Crippen molar-refractivity contribution in [1.82, 2.24) is 14.5 Å². The van der Waals surface area contributed by atoms with Crippen LogP contribution in [0.25, 0.3) is 10.8 Å². The molecule has 0 aliphatic heterocycles. The Morgan fingerprint density at radius 1 is 0.745 bits per heavy atom. The molecule has 1 amide bonds. The molecule has 1 aromatic heterocycles. The number of carbonyl (C=O) groups excluding carboxylic acids is 1. The molecule has 6 rings (SSSR count). The highest BCUT2D eigenvalue weighted by Gasteiger charge is 2.42. The predicted octanol–water partition coefficient (Wildman–Crippen LogP) is 7.07. The van der Waals surface area contributed by atoms with E-state index in [0.717, 1.165) is 33.9 Å². The van der Waals surface area contributed by atoms with E-state index in [-0.39, 0.29) is 11.6 Å². The molecule has 5 aromatic carbocycles. The van der Waals surface area contributed by atoms with Gasteiger partial charge >= 0.3 is 5.97 Å². The second-order valence-electron chi connectivity index (χ2n) is 11.9. The number of carbonyl (C=O) groups is 2. The smallest absolute Gasteiger partial charge is 0.307 e. The fraction of sp³-hybridized carbons (Fsp3) is 0.175. The number of fused-ring (bicyclic) bond motifs is 1. The van der Waals surface area contributed by atoms with Crippen molar-refractivity contribution in [2.75, 3.05) is 13.6 Å². The van der Waals surface area contributed by atoms with Gasteiger partial charge < -0.3 is 19.7 Å². The van der Waals surface area contributed by atoms with Crippen LogP contribution in [0, 0.1) is 0 Å². The zero-order chi connectivity index (χ0) is 33.0. The van der Waals surface area contributed by atoms with Crippen molar-refractivity contribution in [3.63, 3.8) is 0 Å². The number of carboxylic acids is 1. The lowest BCUT2D eigenvalue weighted by Crippen LogP contribution is -2.37. The Hall–Kier alpha value is -5.53. The van der Waals surface area contributed by atoms with Crippen LogP contribution in [0.3, 0.4) is 0 Å². The number of rotatable bonds is 11. The van der Waals surface area contributed by atoms with Crippen LogP contribution in [-0.4, -0.2) is 50.1 Å². The minimum atomic E-state index is -1.95. The molecule has 0 unspecified atom stereocenters. The van der Waals surface area contributed by atoms with Crippen molar-refractivity contribution in [2.45, 2.75) is 30.9 Å². The van der Waals surface area contributed by atoms with Crippen LogP contribution in [0.4, 0.5) is 0 Å². The maximum atomic E-state index is 12.9. The Morgan fingerprint density at radius 2 is 1.28 bits per heavy atom. The summed E-state index contributed by atoms with van der Waals surface area (Å²) in [5.41, 5.74) is 1.27. The maximum Gasteiger partial charge on any atom is 0.307 e. The summed E-state index contributed by atoms with van der Waals surface area (Å²) in [6.45, 7) is 2.68. The largest absolute Gasteiger partial charge is 0.481 e. The van der Waals surface area contributed by atoms with Crippen molar-refractivity contribution >= 4 is 22.6 Å². The van der Waals surface area contributed by atoms with Crippen LogP contribution in [0.15, 0.2) is 140 Å². The van der Waals surface area contributed by atoms with Crippen LogP contribution in [0.2, 0.25) is 0 Å². The molecule has 0 aliphatic carbocycles. The molecule has 6 aromatic rings. The van der Waals surface area contributed by atoms with Gasteiger partial charge in [-0.1, -0.05) is 116 Å². The molecule has 0 saturated heterocycles. The van der Waals surface area contributed by atoms with Gasteiger partial charge in [0.25, 0.3) is 5.91 Å². The first kappa shape index (κ1) is 31.5. The van der Waals surface area contributed by atoms with E-state index < -0.39 is 23.5 Å². The minimum absolute atomic E-state index is 0.0653. The fourth-order valence-corrected chi connectivity index (χ4v) is 6.56. The number of nitrogens with zero attached hydrogens (tertiary/aromatic N) is 3. The second kappa shape index (κ2) is 13.1. The summed E-state index contributed by atoms with van der Waals surface area (Å²) in [5.74, 6) is -1.23. The molecular weight excluding hydrogens is 586 g/mol. The SMILES string of the molecule is CCCN(C)C(=O)c1ccc2cc([C@@](O)(CC(=O)O)c3cn(C(c4ccccc4)(c4ccccc4)c4ccccc4)cn3)ccc2c1. The molecule has 1 heterocycles. The summed E-state index contributed by atoms with van der Waals surface area (Å²) in [6, 6.07) is 40.9. The van der Waals surface area contributed by atoms with Crippen molar-refractivity contribution in [3.8, 4) is 0 Å². The molecular formula is C40H37N3O4. The monoisotopic (exact) mass is 623 g/mol. The average Bonchev–Trinajstić information content (AvgIpc) is 3.60. The van der Waals surface area contributed by atoms with Gasteiger partial charge in [0.15, 0.2) is 0 Å². The number of aliphatic carboxylic acids is 1. The molecule has 0 spiro atoms. The molecule has 0 bridgehead atoms. The molecule has 236 valence electrons. The van der Waals surface area contributed by atoms with E-state index in [0.29, 0.717) is 17.7 Å². The van der Waals surface area contributed by atoms with Gasteiger partial charge in [0.1, 0.15) is 11.1 Å². The Balaban J connectivity index is 1.50. The van der Waals surface area contributed by atoms with Crippen molar-refractivity contribution in [1.29, 1.82) is 0 Å². The number of benzene rings is 5. The molecule has 1 atom stereocenters. The lowest BCUT2D eigenvalue weighted by atomic mass is 9.76. The fourth-order valence-electron chi connectivity index (χ4n) is 6.56. The number of hydrogen-bond acceptors (Lipinski definition) is 4. The van der Waals surface area contributed by atoms with E-state index in [1.807, 2.05) is 84.3 Å². The van der Waals surface area contributed by atoms with Gasteiger partial charge in [-0.3, -0.25) is 9.59 Å². The van der Waals surface area contributed by atoms with Gasteiger partial charge in [-0.15, -0.1) is 0 Å². The first-order valence-electron chi connectivity index (χ1n) is 15.7. The van der Waals surface area contributed by atoms with Crippen LogP contribution >= 0.6 is 0 Å². The van der Waals surface area contributed by atoms with Gasteiger partial charge in [-0.25, -0.2) is 4.98 Å². The van der Waals surface area contributed by atoms with Crippen molar-refractivity contribution in [2.24, 2.45) is 0 Å². The zero-order valence-electron chi connectivity index (χ0n) is 26.5. The van der Waals surface area contributed by atoms with E-state index in [1.54, 1.807) is 42.7 Å². The zero-order valence-corrected chi connectivity index (χ0v) is 26.5. The van der Waals surface area contributed by atoms with Crippen LogP contribution < -0.4 is 0 Å². The third kappa shape index (κ3) is 5.82. The standard InChI is InChI=1S/C40H37N3O4/c1-3-23-42(2)38(46)31-20-19-30-25-35(22-21-29(30)24-31)39(47,26-37(44)45)36-27-43(28-41-36)40(32-13-7-4-8-14-32,33-15-9-5-10-16-33)34-17-11-6-12-18-34/h4-22,24-25,27-28,47H,3,23,26H2,1-2H3,(H,44,45)/t39-/m0/s1. The lowest BCUT2D eigenvalue weighted by Gasteiger charge is -2.37. The van der Waals surface area contributed by atoms with Gasteiger partial charge in [0.2, 0.25) is 0 Å². The van der Waals surface area contributed by atoms with Gasteiger partial charge in [0, 0.05) is 25.4 Å². The Labute approximate surface area is 274 Å². The number of aliphatic hydroxyl groups is 1. The van der Waals surface area contributed by atoms with E-state index >= 15 is 0 Å². The second-order valence-corrected chi connectivity index (χ2v) is 11.9. The summed E-state index contributed by atoms with van der Waals surface area (Å²) < 4.78 is 1.96. The average molecular weight is 624 g/mol. The molecule has 2 N–H and O–H groups in total. The van der Waals surface area contributed by atoms with Crippen molar-refractivity contribution < 1.29 is 19.8 Å². The number of amides is 1. The number of carboxylic acid groups (broad SMARTS) is 1. The summed E-state index contributed by atoms with van der Waals surface area (Å²) in [6.07, 6.45) is 3.69. The van der Waals surface area contributed by atoms with E-state index in [4.69, 9.17) is 4.98 Å². The highest BCUT2D eigenvalue weighted by Crippen LogP contribution is 2.42. The summed E-state index contributed by atoms with van der Waals surface area (Å²) in [4.78, 5) is 31.6. The molecule has 0 saturated carbocycles. The lowest BCUT2D eigenvalue weighted by molar-refractivity contribution is -0.141. The third-order valence-corrected chi connectivity index (χ3v) is 8.85. The van der Waals surface area contributed by atoms with E-state index in [1.165, 1.54) is 0 Å². The molecule has 0 fully saturated rings. The Morgan fingerprint density at radius 3 is 1.81 bits per heavy atom. The first-order chi connectivity index (χ1) is 22.8. The quantitative estimate of drug-likeness (QED) is 0.151. The van der Waals surface area contributed by atoms with Gasteiger partial charge in [-0.2, -0.15) is 0 Å². The van der Waals surface area contributed by atoms with Crippen LogP contribution in [0.5, 0.6) is 0 Å². The third-order valence-electron chi connectivity index (χ3n) is 8.85. The highest BCUT2D eigenvalue weighted by atomic mass is 16.4. The molecule has 7 nitrogen and oxygen atoms in total.